The van der Waals surface area contributed by atoms with Crippen molar-refractivity contribution >= 4 is 57.8 Å². The van der Waals surface area contributed by atoms with Crippen LogP contribution in [-0.2, 0) is 23.2 Å². The van der Waals surface area contributed by atoms with E-state index in [0.29, 0.717) is 58.7 Å². The zero-order valence-corrected chi connectivity index (χ0v) is 23.1. The van der Waals surface area contributed by atoms with Crippen molar-refractivity contribution in [3.63, 3.8) is 0 Å². The Morgan fingerprint density at radius 3 is 2.55 bits per heavy atom. The van der Waals surface area contributed by atoms with E-state index in [2.05, 4.69) is 5.16 Å². The van der Waals surface area contributed by atoms with Crippen molar-refractivity contribution in [2.24, 2.45) is 12.2 Å². The summed E-state index contributed by atoms with van der Waals surface area (Å²) >= 11 is 20.2. The summed E-state index contributed by atoms with van der Waals surface area (Å²) < 4.78 is 28.5. The number of nitrogens with zero attached hydrogens (tertiary/aromatic N) is 5. The van der Waals surface area contributed by atoms with E-state index in [-0.39, 0.29) is 11.8 Å². The molecular formula is C24H22Cl3F2N5O3S. The first-order chi connectivity index (χ1) is 18.1. The molecular weight excluding hydrogens is 583 g/mol. The van der Waals surface area contributed by atoms with Gasteiger partial charge in [-0.2, -0.15) is 0 Å². The number of hydrogen-bond acceptors (Lipinski definition) is 6. The summed E-state index contributed by atoms with van der Waals surface area (Å²) in [5.41, 5.74) is 0.936. The standard InChI is InChI=1S/C24H22Cl3F2N5O3S/c1-32-9-18(22(28)29)34(24(32)36)10-20(35)33-4-2-12(3-5-33)23-30-17(11-38-23)16-8-19(37-31-16)21-14(26)6-13(25)7-15(21)27/h6-7,9,11-12,19,22H,2-5,8,10H2,1H3. The third-order valence-corrected chi connectivity index (χ3v) is 8.59. The van der Waals surface area contributed by atoms with Crippen LogP contribution >= 0.6 is 46.1 Å². The molecule has 0 radical (unpaired) electrons. The van der Waals surface area contributed by atoms with Gasteiger partial charge in [0, 0.05) is 54.6 Å². The molecule has 8 nitrogen and oxygen atoms in total. The van der Waals surface area contributed by atoms with Crippen LogP contribution in [0.4, 0.5) is 8.78 Å². The molecule has 0 spiro atoms. The number of carbonyl (C=O) groups is 1. The number of aromatic nitrogens is 3. The van der Waals surface area contributed by atoms with Crippen LogP contribution in [0, 0.1) is 0 Å². The molecule has 1 unspecified atom stereocenters. The summed E-state index contributed by atoms with van der Waals surface area (Å²) in [6, 6.07) is 3.22. The van der Waals surface area contributed by atoms with E-state index < -0.39 is 30.5 Å². The molecule has 2 aromatic heterocycles. The second kappa shape index (κ2) is 11.0. The number of rotatable bonds is 6. The molecule has 3 aromatic rings. The minimum absolute atomic E-state index is 0.146. The summed E-state index contributed by atoms with van der Waals surface area (Å²) in [6.45, 7) is 0.488. The van der Waals surface area contributed by atoms with E-state index in [1.54, 1.807) is 17.0 Å². The molecule has 1 fully saturated rings. The number of amides is 1. The van der Waals surface area contributed by atoms with Crippen molar-refractivity contribution in [3.8, 4) is 0 Å². The van der Waals surface area contributed by atoms with Crippen molar-refractivity contribution in [2.75, 3.05) is 13.1 Å². The normalized spacial score (nSPS) is 18.2. The lowest BCUT2D eigenvalue weighted by atomic mass is 9.97. The average molecular weight is 605 g/mol. The maximum Gasteiger partial charge on any atom is 0.328 e. The molecule has 4 heterocycles. The molecule has 1 amide bonds. The molecule has 38 heavy (non-hydrogen) atoms. The van der Waals surface area contributed by atoms with Gasteiger partial charge in [-0.05, 0) is 25.0 Å². The van der Waals surface area contributed by atoms with E-state index in [1.165, 1.54) is 18.4 Å². The first-order valence-electron chi connectivity index (χ1n) is 11.8. The van der Waals surface area contributed by atoms with Crippen molar-refractivity contribution in [1.82, 2.24) is 19.0 Å². The average Bonchev–Trinajstić information content (AvgIpc) is 3.60. The number of thiazole rings is 1. The van der Waals surface area contributed by atoms with Crippen LogP contribution in [0.2, 0.25) is 15.1 Å². The minimum Gasteiger partial charge on any atom is -0.387 e. The number of alkyl halides is 2. The Hall–Kier alpha value is -2.47. The number of halogens is 5. The van der Waals surface area contributed by atoms with Crippen LogP contribution in [0.25, 0.3) is 0 Å². The lowest BCUT2D eigenvalue weighted by molar-refractivity contribution is -0.133. The molecule has 1 aromatic carbocycles. The maximum atomic E-state index is 13.3. The SMILES string of the molecule is Cn1cc(C(F)F)n(CC(=O)N2CCC(c3nc(C4=NOC(c5c(Cl)cc(Cl)cc5Cl)C4)cs3)CC2)c1=O. The molecule has 0 aliphatic carbocycles. The third-order valence-electron chi connectivity index (χ3n) is 6.74. The first-order valence-corrected chi connectivity index (χ1v) is 13.8. The number of likely N-dealkylation sites (tertiary alicyclic amines) is 1. The highest BCUT2D eigenvalue weighted by molar-refractivity contribution is 7.10. The summed E-state index contributed by atoms with van der Waals surface area (Å²) in [5.74, 6) is -0.214. The van der Waals surface area contributed by atoms with Gasteiger partial charge >= 0.3 is 5.69 Å². The van der Waals surface area contributed by atoms with E-state index in [9.17, 15) is 18.4 Å². The zero-order valence-electron chi connectivity index (χ0n) is 20.0. The van der Waals surface area contributed by atoms with Crippen molar-refractivity contribution in [1.29, 1.82) is 0 Å². The second-order valence-corrected chi connectivity index (χ2v) is 11.3. The molecule has 1 atom stereocenters. The quantitative estimate of drug-likeness (QED) is 0.356. The van der Waals surface area contributed by atoms with Crippen LogP contribution in [0.15, 0.2) is 33.7 Å². The second-order valence-electron chi connectivity index (χ2n) is 9.18. The Bertz CT molecular complexity index is 1440. The molecule has 202 valence electrons. The largest absolute Gasteiger partial charge is 0.387 e. The Labute approximate surface area is 235 Å². The molecule has 0 bridgehead atoms. The lowest BCUT2D eigenvalue weighted by Gasteiger charge is -2.31. The van der Waals surface area contributed by atoms with Crippen molar-refractivity contribution in [3.05, 3.63) is 71.2 Å². The summed E-state index contributed by atoms with van der Waals surface area (Å²) in [4.78, 5) is 37.0. The van der Waals surface area contributed by atoms with Gasteiger partial charge in [-0.3, -0.25) is 9.36 Å². The Morgan fingerprint density at radius 2 is 1.89 bits per heavy atom. The maximum absolute atomic E-state index is 13.3. The van der Waals surface area contributed by atoms with Gasteiger partial charge in [0.05, 0.1) is 20.7 Å². The van der Waals surface area contributed by atoms with Crippen molar-refractivity contribution in [2.45, 2.75) is 44.3 Å². The highest BCUT2D eigenvalue weighted by Gasteiger charge is 2.31. The van der Waals surface area contributed by atoms with Gasteiger partial charge in [0.2, 0.25) is 5.91 Å². The fraction of sp³-hybridized carbons (Fsp3) is 0.417. The molecule has 5 rings (SSSR count). The highest BCUT2D eigenvalue weighted by atomic mass is 35.5. The predicted octanol–water partition coefficient (Wildman–Crippen LogP) is 5.81. The zero-order chi connectivity index (χ0) is 27.1. The van der Waals surface area contributed by atoms with Gasteiger partial charge in [-0.15, -0.1) is 11.3 Å². The number of hydrogen-bond donors (Lipinski definition) is 0. The van der Waals surface area contributed by atoms with Gasteiger partial charge in [-0.25, -0.2) is 18.6 Å². The third kappa shape index (κ3) is 5.34. The highest BCUT2D eigenvalue weighted by Crippen LogP contribution is 2.40. The molecule has 2 aliphatic rings. The predicted molar refractivity (Wildman–Crippen MR) is 142 cm³/mol. The first kappa shape index (κ1) is 27.1. The van der Waals surface area contributed by atoms with Crippen LogP contribution in [-0.4, -0.2) is 43.7 Å². The van der Waals surface area contributed by atoms with Crippen LogP contribution < -0.4 is 5.69 Å². The van der Waals surface area contributed by atoms with Gasteiger partial charge in [0.1, 0.15) is 18.0 Å². The number of aryl methyl sites for hydroxylation is 1. The fourth-order valence-electron chi connectivity index (χ4n) is 4.72. The topological polar surface area (TPSA) is 81.7 Å². The number of carbonyl (C=O) groups excluding carboxylic acids is 1. The number of piperidine rings is 1. The summed E-state index contributed by atoms with van der Waals surface area (Å²) in [5, 5.41) is 8.32. The van der Waals surface area contributed by atoms with Gasteiger partial charge in [0.25, 0.3) is 6.43 Å². The molecule has 0 N–H and O–H groups in total. The summed E-state index contributed by atoms with van der Waals surface area (Å²) in [6.07, 6.45) is -0.419. The smallest absolute Gasteiger partial charge is 0.328 e. The van der Waals surface area contributed by atoms with Crippen LogP contribution in [0.5, 0.6) is 0 Å². The van der Waals surface area contributed by atoms with Crippen molar-refractivity contribution < 1.29 is 18.4 Å². The number of oxime groups is 1. The fourth-order valence-corrected chi connectivity index (χ4v) is 6.78. The molecule has 1 saturated heterocycles. The van der Waals surface area contributed by atoms with Crippen LogP contribution in [0.1, 0.15) is 59.7 Å². The Kier molecular flexibility index (Phi) is 7.82. The van der Waals surface area contributed by atoms with E-state index in [4.69, 9.17) is 44.6 Å². The number of benzene rings is 1. The van der Waals surface area contributed by atoms with E-state index in [0.717, 1.165) is 26.0 Å². The van der Waals surface area contributed by atoms with Gasteiger partial charge < -0.3 is 14.3 Å². The Balaban J connectivity index is 1.19. The number of imidazole rings is 1. The van der Waals surface area contributed by atoms with E-state index in [1.807, 2.05) is 5.38 Å². The van der Waals surface area contributed by atoms with Crippen LogP contribution in [0.3, 0.4) is 0 Å². The minimum atomic E-state index is -2.84. The molecule has 0 saturated carbocycles. The monoisotopic (exact) mass is 603 g/mol. The lowest BCUT2D eigenvalue weighted by Crippen LogP contribution is -2.41. The van der Waals surface area contributed by atoms with E-state index >= 15 is 0 Å². The summed E-state index contributed by atoms with van der Waals surface area (Å²) in [7, 11) is 1.38. The van der Waals surface area contributed by atoms with Gasteiger partial charge in [-0.1, -0.05) is 40.0 Å². The Morgan fingerprint density at radius 1 is 1.21 bits per heavy atom. The van der Waals surface area contributed by atoms with Gasteiger partial charge in [0.15, 0.2) is 6.10 Å². The molecule has 2 aliphatic heterocycles. The molecule has 14 heteroatoms.